The molecule has 98 valence electrons. The second kappa shape index (κ2) is 7.62. The molecule has 0 unspecified atom stereocenters. The molecule has 0 atom stereocenters. The van der Waals surface area contributed by atoms with E-state index in [0.717, 1.165) is 5.76 Å². The van der Waals surface area contributed by atoms with Crippen LogP contribution in [-0.2, 0) is 24.3 Å². The van der Waals surface area contributed by atoms with Crippen molar-refractivity contribution in [3.63, 3.8) is 0 Å². The summed E-state index contributed by atoms with van der Waals surface area (Å²) in [7, 11) is -3.01. The molecule has 1 aromatic heterocycles. The maximum atomic E-state index is 5.67. The lowest BCUT2D eigenvalue weighted by atomic mass is 10.5. The molecule has 0 fully saturated rings. The van der Waals surface area contributed by atoms with Crippen LogP contribution >= 0.6 is 0 Å². The Kier molecular flexibility index (Phi) is 6.46. The minimum atomic E-state index is -3.01. The molecular weight excluding hydrogens is 240 g/mol. The van der Waals surface area contributed by atoms with E-state index in [1.54, 1.807) is 6.26 Å². The van der Waals surface area contributed by atoms with Crippen LogP contribution in [0.4, 0.5) is 0 Å². The zero-order valence-electron chi connectivity index (χ0n) is 10.6. The van der Waals surface area contributed by atoms with Crippen LogP contribution in [0.5, 0.6) is 0 Å². The highest BCUT2D eigenvalue weighted by Gasteiger charge is 2.45. The average Bonchev–Trinajstić information content (AvgIpc) is 2.80. The van der Waals surface area contributed by atoms with E-state index in [1.807, 2.05) is 32.9 Å². The second-order valence-electron chi connectivity index (χ2n) is 3.17. The van der Waals surface area contributed by atoms with Crippen molar-refractivity contribution >= 4 is 9.05 Å². The van der Waals surface area contributed by atoms with E-state index in [9.17, 15) is 0 Å². The van der Waals surface area contributed by atoms with Gasteiger partial charge in [0.1, 0.15) is 5.76 Å². The second-order valence-corrected chi connectivity index (χ2v) is 5.32. The van der Waals surface area contributed by atoms with E-state index in [4.69, 9.17) is 22.1 Å². The van der Waals surface area contributed by atoms with Crippen LogP contribution in [0.3, 0.4) is 0 Å². The SMILES string of the molecule is CCO[Si](OCC)(OCC)OCc1ccco1. The first kappa shape index (κ1) is 14.4. The van der Waals surface area contributed by atoms with Crippen LogP contribution in [-0.4, -0.2) is 28.9 Å². The Balaban J connectivity index is 2.59. The van der Waals surface area contributed by atoms with Gasteiger partial charge in [0.15, 0.2) is 0 Å². The molecule has 1 heterocycles. The van der Waals surface area contributed by atoms with Crippen molar-refractivity contribution in [2.75, 3.05) is 19.8 Å². The van der Waals surface area contributed by atoms with Gasteiger partial charge < -0.3 is 22.1 Å². The highest BCUT2D eigenvalue weighted by molar-refractivity contribution is 6.53. The third kappa shape index (κ3) is 4.61. The molecule has 17 heavy (non-hydrogen) atoms. The molecule has 6 heteroatoms. The van der Waals surface area contributed by atoms with Gasteiger partial charge in [0.05, 0.1) is 12.9 Å². The summed E-state index contributed by atoms with van der Waals surface area (Å²) in [4.78, 5) is 0. The molecule has 0 N–H and O–H groups in total. The van der Waals surface area contributed by atoms with Gasteiger partial charge in [0.2, 0.25) is 0 Å². The summed E-state index contributed by atoms with van der Waals surface area (Å²) in [5.41, 5.74) is 0. The maximum Gasteiger partial charge on any atom is 0.680 e. The van der Waals surface area contributed by atoms with Gasteiger partial charge in [-0.05, 0) is 32.9 Å². The Bertz CT molecular complexity index is 271. The fraction of sp³-hybridized carbons (Fsp3) is 0.636. The molecule has 0 aromatic carbocycles. The van der Waals surface area contributed by atoms with E-state index >= 15 is 0 Å². The van der Waals surface area contributed by atoms with Crippen molar-refractivity contribution in [3.8, 4) is 0 Å². The first-order chi connectivity index (χ1) is 8.26. The molecule has 0 aliphatic rings. The van der Waals surface area contributed by atoms with Gasteiger partial charge in [-0.25, -0.2) is 0 Å². The molecule has 1 aromatic rings. The summed E-state index contributed by atoms with van der Waals surface area (Å²) in [6, 6.07) is 3.65. The largest absolute Gasteiger partial charge is 0.680 e. The Labute approximate surface area is 103 Å². The Morgan fingerprint density at radius 2 is 1.59 bits per heavy atom. The zero-order chi connectivity index (χ0) is 12.6. The molecule has 1 rings (SSSR count). The molecule has 0 amide bonds. The smallest absolute Gasteiger partial charge is 0.467 e. The zero-order valence-corrected chi connectivity index (χ0v) is 11.6. The van der Waals surface area contributed by atoms with Crippen molar-refractivity contribution in [1.82, 2.24) is 0 Å². The van der Waals surface area contributed by atoms with Crippen molar-refractivity contribution < 1.29 is 22.1 Å². The minimum absolute atomic E-state index is 0.291. The molecule has 0 aliphatic carbocycles. The lowest BCUT2D eigenvalue weighted by Crippen LogP contribution is -2.49. The normalized spacial score (nSPS) is 11.9. The summed E-state index contributed by atoms with van der Waals surface area (Å²) in [5, 5.41) is 0. The predicted molar refractivity (Wildman–Crippen MR) is 64.1 cm³/mol. The minimum Gasteiger partial charge on any atom is -0.467 e. The molecule has 0 bridgehead atoms. The topological polar surface area (TPSA) is 50.1 Å². The van der Waals surface area contributed by atoms with Crippen LogP contribution in [0.2, 0.25) is 0 Å². The van der Waals surface area contributed by atoms with Crippen LogP contribution in [0.1, 0.15) is 26.5 Å². The summed E-state index contributed by atoms with van der Waals surface area (Å²) < 4.78 is 27.5. The third-order valence-corrected chi connectivity index (χ3v) is 4.36. The van der Waals surface area contributed by atoms with Crippen LogP contribution in [0, 0.1) is 0 Å². The lowest BCUT2D eigenvalue weighted by molar-refractivity contribution is -0.0346. The Morgan fingerprint density at radius 3 is 2.00 bits per heavy atom. The van der Waals surface area contributed by atoms with Gasteiger partial charge in [-0.2, -0.15) is 0 Å². The van der Waals surface area contributed by atoms with Crippen LogP contribution in [0.25, 0.3) is 0 Å². The standard InChI is InChI=1S/C11H20O5Si/c1-4-13-17(14-5-2,15-6-3)16-10-11-8-7-9-12-11/h7-9H,4-6,10H2,1-3H3. The number of hydrogen-bond acceptors (Lipinski definition) is 5. The predicted octanol–water partition coefficient (Wildman–Crippen LogP) is 2.34. The van der Waals surface area contributed by atoms with Gasteiger partial charge >= 0.3 is 9.05 Å². The molecule has 0 saturated carbocycles. The lowest BCUT2D eigenvalue weighted by Gasteiger charge is -2.26. The fourth-order valence-corrected chi connectivity index (χ4v) is 3.21. The molecule has 0 spiro atoms. The first-order valence-electron chi connectivity index (χ1n) is 5.84. The summed E-state index contributed by atoms with van der Waals surface area (Å²) in [6.45, 7) is 7.42. The van der Waals surface area contributed by atoms with E-state index in [1.165, 1.54) is 0 Å². The van der Waals surface area contributed by atoms with Crippen LogP contribution in [0.15, 0.2) is 22.8 Å². The van der Waals surface area contributed by atoms with Gasteiger partial charge in [-0.3, -0.25) is 0 Å². The maximum absolute atomic E-state index is 5.67. The van der Waals surface area contributed by atoms with E-state index in [0.29, 0.717) is 26.4 Å². The van der Waals surface area contributed by atoms with Crippen molar-refractivity contribution in [1.29, 1.82) is 0 Å². The quantitative estimate of drug-likeness (QED) is 0.638. The first-order valence-corrected chi connectivity index (χ1v) is 7.47. The molecular formula is C11H20O5Si. The summed E-state index contributed by atoms with van der Waals surface area (Å²) >= 11 is 0. The van der Waals surface area contributed by atoms with Gasteiger partial charge in [0, 0.05) is 19.8 Å². The Hall–Kier alpha value is -0.663. The van der Waals surface area contributed by atoms with E-state index < -0.39 is 9.05 Å². The van der Waals surface area contributed by atoms with Gasteiger partial charge in [0.25, 0.3) is 0 Å². The molecule has 0 radical (unpaired) electrons. The summed E-state index contributed by atoms with van der Waals surface area (Å²) in [6.07, 6.45) is 1.60. The number of rotatable bonds is 9. The van der Waals surface area contributed by atoms with Crippen molar-refractivity contribution in [2.24, 2.45) is 0 Å². The van der Waals surface area contributed by atoms with Crippen molar-refractivity contribution in [2.45, 2.75) is 27.4 Å². The molecule has 5 nitrogen and oxygen atoms in total. The molecule has 0 aliphatic heterocycles. The number of furan rings is 1. The highest BCUT2D eigenvalue weighted by Crippen LogP contribution is 2.15. The van der Waals surface area contributed by atoms with E-state index in [-0.39, 0.29) is 0 Å². The van der Waals surface area contributed by atoms with Crippen LogP contribution < -0.4 is 0 Å². The monoisotopic (exact) mass is 260 g/mol. The van der Waals surface area contributed by atoms with E-state index in [2.05, 4.69) is 0 Å². The third-order valence-electron chi connectivity index (χ3n) is 1.93. The fourth-order valence-electron chi connectivity index (χ4n) is 1.33. The van der Waals surface area contributed by atoms with Crippen molar-refractivity contribution in [3.05, 3.63) is 24.2 Å². The highest BCUT2D eigenvalue weighted by atomic mass is 28.4. The number of hydrogen-bond donors (Lipinski definition) is 0. The van der Waals surface area contributed by atoms with Gasteiger partial charge in [-0.1, -0.05) is 0 Å². The molecule has 0 saturated heterocycles. The summed E-state index contributed by atoms with van der Waals surface area (Å²) in [5.74, 6) is 0.723. The average molecular weight is 260 g/mol. The van der Waals surface area contributed by atoms with Gasteiger partial charge in [-0.15, -0.1) is 0 Å². The Morgan fingerprint density at radius 1 is 1.00 bits per heavy atom.